The average Bonchev–Trinajstić information content (AvgIpc) is 3.61. The van der Waals surface area contributed by atoms with Crippen molar-refractivity contribution in [1.82, 2.24) is 35.0 Å². The number of carbonyl (C=O) groups is 4. The lowest BCUT2D eigenvalue weighted by Crippen LogP contribution is -2.52. The predicted molar refractivity (Wildman–Crippen MR) is 243 cm³/mol. The van der Waals surface area contributed by atoms with Crippen molar-refractivity contribution >= 4 is 75.2 Å². The van der Waals surface area contributed by atoms with Gasteiger partial charge in [-0.1, -0.05) is 29.3 Å². The highest BCUT2D eigenvalue weighted by molar-refractivity contribution is 6.33. The van der Waals surface area contributed by atoms with Gasteiger partial charge in [-0.05, 0) is 114 Å². The molecule has 1 saturated carbocycles. The Balaban J connectivity index is 0.746. The number of imide groups is 1. The fraction of sp³-hybridized carbons (Fsp3) is 0.500. The van der Waals surface area contributed by atoms with E-state index in [9.17, 15) is 24.0 Å². The Morgan fingerprint density at radius 2 is 1.72 bits per heavy atom. The summed E-state index contributed by atoms with van der Waals surface area (Å²) in [7, 11) is 1.51. The average molecular weight is 915 g/mol. The molecule has 1 atom stereocenters. The number of likely N-dealkylation sites (tertiary alicyclic amines) is 1. The SMILES string of the molecule is CNC(=O)COc1cc2cc(Nc3nc(N4CCC(OC5CC(N6CCC(c7ccc8c(c7Cl)CN([C@@H]7CCC(=O)NC7=O)C8=O)CC6)C5)CC4)ncc3Cl)ccc2n(C(C)C)c1=O. The molecule has 4 aromatic rings. The van der Waals surface area contributed by atoms with Crippen molar-refractivity contribution in [3.8, 4) is 5.75 Å². The molecule has 0 radical (unpaired) electrons. The van der Waals surface area contributed by atoms with E-state index in [2.05, 4.69) is 30.7 Å². The maximum absolute atomic E-state index is 13.3. The Bertz CT molecular complexity index is 2550. The molecular weight excluding hydrogens is 861 g/mol. The summed E-state index contributed by atoms with van der Waals surface area (Å²) in [5.74, 6) is 0.174. The third-order valence-electron chi connectivity index (χ3n) is 13.5. The number of ether oxygens (including phenoxy) is 2. The van der Waals surface area contributed by atoms with Crippen LogP contribution < -0.4 is 31.1 Å². The molecule has 4 aliphatic heterocycles. The van der Waals surface area contributed by atoms with Gasteiger partial charge < -0.3 is 39.4 Å². The zero-order valence-electron chi connectivity index (χ0n) is 36.2. The molecule has 4 fully saturated rings. The first-order chi connectivity index (χ1) is 30.8. The number of anilines is 3. The molecule has 0 spiro atoms. The van der Waals surface area contributed by atoms with Gasteiger partial charge in [-0.2, -0.15) is 4.98 Å². The van der Waals surface area contributed by atoms with Crippen LogP contribution in [0.4, 0.5) is 17.5 Å². The van der Waals surface area contributed by atoms with E-state index in [1.54, 1.807) is 21.7 Å². The quantitative estimate of drug-likeness (QED) is 0.148. The number of hydrogen-bond donors (Lipinski definition) is 3. The van der Waals surface area contributed by atoms with Crippen LogP contribution >= 0.6 is 23.2 Å². The Kier molecular flexibility index (Phi) is 12.6. The van der Waals surface area contributed by atoms with Crippen LogP contribution in [0.2, 0.25) is 10.0 Å². The predicted octanol–water partition coefficient (Wildman–Crippen LogP) is 5.70. The second-order valence-electron chi connectivity index (χ2n) is 17.8. The van der Waals surface area contributed by atoms with Gasteiger partial charge in [0.15, 0.2) is 18.2 Å². The first-order valence-corrected chi connectivity index (χ1v) is 23.0. The summed E-state index contributed by atoms with van der Waals surface area (Å²) < 4.78 is 13.9. The molecular formula is C46H53Cl2N9O7. The summed E-state index contributed by atoms with van der Waals surface area (Å²) in [5.41, 5.74) is 3.54. The number of benzene rings is 2. The monoisotopic (exact) mass is 913 g/mol. The van der Waals surface area contributed by atoms with Gasteiger partial charge in [-0.15, -0.1) is 0 Å². The summed E-state index contributed by atoms with van der Waals surface area (Å²) in [6.45, 7) is 7.33. The van der Waals surface area contributed by atoms with Crippen LogP contribution in [0.15, 0.2) is 47.4 Å². The number of amides is 4. The summed E-state index contributed by atoms with van der Waals surface area (Å²) in [4.78, 5) is 78.2. The number of rotatable bonds is 12. The minimum absolute atomic E-state index is 0.0919. The van der Waals surface area contributed by atoms with Gasteiger partial charge in [0.05, 0.1) is 23.9 Å². The van der Waals surface area contributed by atoms with Crippen LogP contribution in [0.3, 0.4) is 0 Å². The summed E-state index contributed by atoms with van der Waals surface area (Å²) in [6, 6.07) is 10.8. The second kappa shape index (κ2) is 18.3. The van der Waals surface area contributed by atoms with Gasteiger partial charge in [0.25, 0.3) is 17.4 Å². The van der Waals surface area contributed by atoms with Crippen LogP contribution in [0, 0.1) is 0 Å². The van der Waals surface area contributed by atoms with Crippen LogP contribution in [-0.2, 0) is 25.7 Å². The van der Waals surface area contributed by atoms with Crippen LogP contribution in [0.25, 0.3) is 10.9 Å². The molecule has 64 heavy (non-hydrogen) atoms. The molecule has 6 heterocycles. The Morgan fingerprint density at radius 1 is 0.953 bits per heavy atom. The van der Waals surface area contributed by atoms with Gasteiger partial charge in [0.2, 0.25) is 17.8 Å². The number of nitrogens with zero attached hydrogens (tertiary/aromatic N) is 6. The molecule has 18 heteroatoms. The molecule has 3 saturated heterocycles. The lowest BCUT2D eigenvalue weighted by molar-refractivity contribution is -0.137. The largest absolute Gasteiger partial charge is 0.478 e. The highest BCUT2D eigenvalue weighted by Crippen LogP contribution is 2.42. The van der Waals surface area contributed by atoms with Gasteiger partial charge in [-0.25, -0.2) is 4.98 Å². The lowest BCUT2D eigenvalue weighted by Gasteiger charge is -2.47. The van der Waals surface area contributed by atoms with Crippen molar-refractivity contribution in [2.45, 2.75) is 108 Å². The molecule has 0 unspecified atom stereocenters. The van der Waals surface area contributed by atoms with E-state index in [0.717, 1.165) is 86.7 Å². The van der Waals surface area contributed by atoms with Crippen molar-refractivity contribution in [1.29, 1.82) is 0 Å². The summed E-state index contributed by atoms with van der Waals surface area (Å²) in [6.07, 6.45) is 8.30. The number of fused-ring (bicyclic) bond motifs is 2. The number of aromatic nitrogens is 3. The topological polar surface area (TPSA) is 180 Å². The number of halogens is 2. The molecule has 2 aromatic heterocycles. The van der Waals surface area contributed by atoms with E-state index in [1.807, 2.05) is 44.2 Å². The maximum atomic E-state index is 13.3. The fourth-order valence-electron chi connectivity index (χ4n) is 9.89. The number of piperidine rings is 3. The Morgan fingerprint density at radius 3 is 2.44 bits per heavy atom. The standard InChI is InChI=1S/C46H53Cl2N9O7/c1-25(2)57-36-7-4-28(18-27(36)19-38(45(57)62)63-24-40(59)49-3)51-42-35(47)22-50-46(53-42)55-16-12-30(13-17-55)64-31-20-29(21-31)54-14-10-26(11-15-54)32-5-6-33-34(41(32)48)23-56(44(33)61)37-8-9-39(58)52-43(37)60/h4-7,18-19,22,25-26,29-31,37H,8-17,20-21,23-24H2,1-3H3,(H,49,59)(H,50,51,53)(H,52,58,60)/t29?,31?,37-/m1/s1. The van der Waals surface area contributed by atoms with Crippen molar-refractivity contribution < 1.29 is 28.7 Å². The molecule has 2 aromatic carbocycles. The number of likely N-dealkylation sites (N-methyl/N-ethyl adjacent to an activating group) is 1. The number of carbonyl (C=O) groups excluding carboxylic acids is 4. The number of hydrogen-bond acceptors (Lipinski definition) is 12. The zero-order valence-corrected chi connectivity index (χ0v) is 37.7. The first-order valence-electron chi connectivity index (χ1n) is 22.3. The van der Waals surface area contributed by atoms with Crippen molar-refractivity contribution in [3.63, 3.8) is 0 Å². The van der Waals surface area contributed by atoms with E-state index < -0.39 is 11.9 Å². The molecule has 3 N–H and O–H groups in total. The third kappa shape index (κ3) is 8.76. The number of nitrogens with one attached hydrogen (secondary N) is 3. The summed E-state index contributed by atoms with van der Waals surface area (Å²) >= 11 is 13.6. The van der Waals surface area contributed by atoms with Gasteiger partial charge in [-0.3, -0.25) is 29.3 Å². The highest BCUT2D eigenvalue weighted by Gasteiger charge is 2.42. The fourth-order valence-corrected chi connectivity index (χ4v) is 10.4. The lowest BCUT2D eigenvalue weighted by atomic mass is 9.83. The van der Waals surface area contributed by atoms with Crippen molar-refractivity contribution in [2.75, 3.05) is 50.1 Å². The highest BCUT2D eigenvalue weighted by atomic mass is 35.5. The molecule has 9 rings (SSSR count). The van der Waals surface area contributed by atoms with E-state index in [-0.39, 0.29) is 66.9 Å². The van der Waals surface area contributed by atoms with E-state index in [1.165, 1.54) is 7.05 Å². The molecule has 338 valence electrons. The van der Waals surface area contributed by atoms with Crippen molar-refractivity contribution in [3.05, 3.63) is 79.7 Å². The Hall–Kier alpha value is -5.29. The Labute approximate surface area is 380 Å². The van der Waals surface area contributed by atoms with Gasteiger partial charge in [0.1, 0.15) is 11.1 Å². The third-order valence-corrected chi connectivity index (χ3v) is 14.2. The van der Waals surface area contributed by atoms with Gasteiger partial charge in [0, 0.05) is 72.4 Å². The van der Waals surface area contributed by atoms with E-state index in [0.29, 0.717) is 51.4 Å². The molecule has 1 aliphatic carbocycles. The van der Waals surface area contributed by atoms with Crippen LogP contribution in [0.1, 0.15) is 98.7 Å². The normalized spacial score (nSPS) is 22.2. The smallest absolute Gasteiger partial charge is 0.293 e. The van der Waals surface area contributed by atoms with Crippen molar-refractivity contribution in [2.24, 2.45) is 0 Å². The van der Waals surface area contributed by atoms with Crippen LogP contribution in [-0.4, -0.2) is 112 Å². The molecule has 16 nitrogen and oxygen atoms in total. The second-order valence-corrected chi connectivity index (χ2v) is 18.6. The van der Waals surface area contributed by atoms with Gasteiger partial charge >= 0.3 is 0 Å². The molecule has 0 bridgehead atoms. The first kappa shape index (κ1) is 43.9. The van der Waals surface area contributed by atoms with E-state index >= 15 is 0 Å². The maximum Gasteiger partial charge on any atom is 0.293 e. The minimum Gasteiger partial charge on any atom is -0.478 e. The molecule has 4 amide bonds. The molecule has 5 aliphatic rings. The van der Waals surface area contributed by atoms with Crippen LogP contribution in [0.5, 0.6) is 5.75 Å². The van der Waals surface area contributed by atoms with E-state index in [4.69, 9.17) is 37.7 Å². The minimum atomic E-state index is -0.661. The number of pyridine rings is 1. The summed E-state index contributed by atoms with van der Waals surface area (Å²) in [5, 5.41) is 9.96. The zero-order chi connectivity index (χ0) is 44.8.